The van der Waals surface area contributed by atoms with E-state index in [0.29, 0.717) is 31.5 Å². The number of aromatic nitrogens is 2. The molecule has 27 heavy (non-hydrogen) atoms. The summed E-state index contributed by atoms with van der Waals surface area (Å²) in [7, 11) is 1.73. The van der Waals surface area contributed by atoms with Crippen LogP contribution in [0.3, 0.4) is 0 Å². The molecule has 4 heterocycles. The molecule has 1 amide bonds. The Morgan fingerprint density at radius 2 is 2.19 bits per heavy atom. The summed E-state index contributed by atoms with van der Waals surface area (Å²) in [6, 6.07) is 0. The molecule has 0 N–H and O–H groups in total. The Balaban J connectivity index is 1.47. The highest BCUT2D eigenvalue weighted by molar-refractivity contribution is 5.89. The monoisotopic (exact) mass is 376 g/mol. The van der Waals surface area contributed by atoms with Gasteiger partial charge in [0, 0.05) is 45.2 Å². The Morgan fingerprint density at radius 3 is 3.00 bits per heavy atom. The van der Waals surface area contributed by atoms with E-state index in [2.05, 4.69) is 9.88 Å². The number of carbonyl (C=O) groups excluding carboxylic acids is 1. The summed E-state index contributed by atoms with van der Waals surface area (Å²) in [4.78, 5) is 25.7. The van der Waals surface area contributed by atoms with Crippen LogP contribution < -0.4 is 4.90 Å². The minimum atomic E-state index is -0.436. The molecule has 4 rings (SSSR count). The number of carbonyl (C=O) groups is 1. The van der Waals surface area contributed by atoms with Gasteiger partial charge in [-0.2, -0.15) is 0 Å². The fourth-order valence-corrected chi connectivity index (χ4v) is 4.22. The molecule has 0 unspecified atom stereocenters. The lowest BCUT2D eigenvalue weighted by Crippen LogP contribution is -2.40. The first-order valence-electron chi connectivity index (χ1n) is 9.81. The van der Waals surface area contributed by atoms with Crippen molar-refractivity contribution in [2.45, 2.75) is 37.2 Å². The maximum atomic E-state index is 12.5. The molecule has 8 nitrogen and oxygen atoms in total. The van der Waals surface area contributed by atoms with Crippen molar-refractivity contribution >= 4 is 11.9 Å². The van der Waals surface area contributed by atoms with Crippen molar-refractivity contribution < 1.29 is 19.0 Å². The van der Waals surface area contributed by atoms with Gasteiger partial charge in [0.1, 0.15) is 5.60 Å². The molecule has 0 aliphatic carbocycles. The van der Waals surface area contributed by atoms with Crippen molar-refractivity contribution in [3.8, 4) is 0 Å². The zero-order valence-corrected chi connectivity index (χ0v) is 15.9. The lowest BCUT2D eigenvalue weighted by molar-refractivity contribution is -0.0431. The van der Waals surface area contributed by atoms with Crippen molar-refractivity contribution in [2.75, 3.05) is 58.0 Å². The second kappa shape index (κ2) is 8.08. The summed E-state index contributed by atoms with van der Waals surface area (Å²) < 4.78 is 16.3. The van der Waals surface area contributed by atoms with E-state index in [1.165, 1.54) is 0 Å². The molecule has 0 bridgehead atoms. The van der Waals surface area contributed by atoms with Gasteiger partial charge in [0.25, 0.3) is 0 Å². The summed E-state index contributed by atoms with van der Waals surface area (Å²) in [5, 5.41) is 0. The zero-order chi connectivity index (χ0) is 18.7. The largest absolute Gasteiger partial charge is 0.440 e. The molecule has 1 spiro atoms. The van der Waals surface area contributed by atoms with Crippen LogP contribution in [0.15, 0.2) is 12.4 Å². The van der Waals surface area contributed by atoms with Crippen molar-refractivity contribution in [2.24, 2.45) is 0 Å². The highest BCUT2D eigenvalue weighted by Crippen LogP contribution is 2.35. The minimum absolute atomic E-state index is 0.325. The first-order chi connectivity index (χ1) is 13.2. The van der Waals surface area contributed by atoms with Crippen molar-refractivity contribution in [1.29, 1.82) is 0 Å². The average Bonchev–Trinajstić information content (AvgIpc) is 3.02. The molecular formula is C19H28N4O4. The Kier molecular flexibility index (Phi) is 5.56. The Hall–Kier alpha value is -1.77. The Morgan fingerprint density at radius 1 is 1.33 bits per heavy atom. The zero-order valence-electron chi connectivity index (χ0n) is 15.9. The number of rotatable bonds is 5. The lowest BCUT2D eigenvalue weighted by Gasteiger charge is -2.32. The van der Waals surface area contributed by atoms with Crippen LogP contribution in [-0.2, 0) is 14.2 Å². The van der Waals surface area contributed by atoms with Crippen LogP contribution in [0, 0.1) is 0 Å². The minimum Gasteiger partial charge on any atom is -0.440 e. The molecule has 0 saturated carbocycles. The van der Waals surface area contributed by atoms with Gasteiger partial charge in [0.2, 0.25) is 0 Å². The number of methoxy groups -OCH3 is 1. The molecule has 3 saturated heterocycles. The van der Waals surface area contributed by atoms with Gasteiger partial charge in [-0.1, -0.05) is 0 Å². The Bertz CT molecular complexity index is 665. The van der Waals surface area contributed by atoms with Gasteiger partial charge >= 0.3 is 6.09 Å². The molecule has 1 aromatic heterocycles. The Labute approximate surface area is 159 Å². The normalized spacial score (nSPS) is 25.7. The number of hydrogen-bond donors (Lipinski definition) is 0. The van der Waals surface area contributed by atoms with Crippen LogP contribution in [0.5, 0.6) is 0 Å². The average molecular weight is 376 g/mol. The van der Waals surface area contributed by atoms with E-state index >= 15 is 0 Å². The van der Waals surface area contributed by atoms with E-state index in [9.17, 15) is 4.79 Å². The predicted octanol–water partition coefficient (Wildman–Crippen LogP) is 1.81. The molecule has 1 atom stereocenters. The topological polar surface area (TPSA) is 77.0 Å². The lowest BCUT2D eigenvalue weighted by atomic mass is 9.94. The molecule has 148 valence electrons. The highest BCUT2D eigenvalue weighted by atomic mass is 16.6. The SMILES string of the molecule is COCCN1CCC[C@@H](c2cncc(N3CC4(CCOCC4)OC3=O)n2)C1. The van der Waals surface area contributed by atoms with E-state index in [0.717, 1.165) is 57.6 Å². The number of piperidine rings is 1. The molecule has 8 heteroatoms. The maximum Gasteiger partial charge on any atom is 0.416 e. The summed E-state index contributed by atoms with van der Waals surface area (Å²) >= 11 is 0. The van der Waals surface area contributed by atoms with Gasteiger partial charge in [-0.25, -0.2) is 9.78 Å². The van der Waals surface area contributed by atoms with Gasteiger partial charge in [-0.15, -0.1) is 0 Å². The van der Waals surface area contributed by atoms with Gasteiger partial charge in [-0.3, -0.25) is 9.88 Å². The second-order valence-electron chi connectivity index (χ2n) is 7.68. The third kappa shape index (κ3) is 4.07. The fraction of sp³-hybridized carbons (Fsp3) is 0.737. The van der Waals surface area contributed by atoms with Gasteiger partial charge in [0.15, 0.2) is 5.82 Å². The van der Waals surface area contributed by atoms with E-state index in [1.807, 2.05) is 6.20 Å². The van der Waals surface area contributed by atoms with E-state index in [1.54, 1.807) is 18.2 Å². The maximum absolute atomic E-state index is 12.5. The van der Waals surface area contributed by atoms with Crippen molar-refractivity contribution in [1.82, 2.24) is 14.9 Å². The van der Waals surface area contributed by atoms with Crippen LogP contribution in [0.1, 0.15) is 37.3 Å². The van der Waals surface area contributed by atoms with Crippen LogP contribution in [0.4, 0.5) is 10.6 Å². The van der Waals surface area contributed by atoms with Gasteiger partial charge in [0.05, 0.1) is 38.3 Å². The predicted molar refractivity (Wildman–Crippen MR) is 98.9 cm³/mol. The van der Waals surface area contributed by atoms with Crippen LogP contribution >= 0.6 is 0 Å². The summed E-state index contributed by atoms with van der Waals surface area (Å²) in [6.07, 6.45) is 6.86. The first kappa shape index (κ1) is 18.6. The van der Waals surface area contributed by atoms with E-state index in [4.69, 9.17) is 19.2 Å². The number of nitrogens with zero attached hydrogens (tertiary/aromatic N) is 4. The smallest absolute Gasteiger partial charge is 0.416 e. The van der Waals surface area contributed by atoms with E-state index < -0.39 is 5.60 Å². The van der Waals surface area contributed by atoms with Gasteiger partial charge in [-0.05, 0) is 19.4 Å². The van der Waals surface area contributed by atoms with E-state index in [-0.39, 0.29) is 6.09 Å². The van der Waals surface area contributed by atoms with Crippen LogP contribution in [0.2, 0.25) is 0 Å². The number of likely N-dealkylation sites (tertiary alicyclic amines) is 1. The molecular weight excluding hydrogens is 348 g/mol. The number of ether oxygens (including phenoxy) is 3. The molecule has 0 radical (unpaired) electrons. The number of anilines is 1. The quantitative estimate of drug-likeness (QED) is 0.775. The number of hydrogen-bond acceptors (Lipinski definition) is 7. The third-order valence-electron chi connectivity index (χ3n) is 5.83. The molecule has 3 fully saturated rings. The summed E-state index contributed by atoms with van der Waals surface area (Å²) in [6.45, 7) is 5.51. The van der Waals surface area contributed by atoms with Crippen LogP contribution in [-0.4, -0.2) is 79.7 Å². The standard InChI is InChI=1S/C19H28N4O4/c1-25-10-7-22-6-2-3-15(13-22)16-11-20-12-17(21-16)23-14-19(27-18(23)24)4-8-26-9-5-19/h11-12,15H,2-10,13-14H2,1H3/t15-/m1/s1. The highest BCUT2D eigenvalue weighted by Gasteiger charge is 2.47. The summed E-state index contributed by atoms with van der Waals surface area (Å²) in [5.41, 5.74) is 0.518. The third-order valence-corrected chi connectivity index (χ3v) is 5.83. The van der Waals surface area contributed by atoms with Gasteiger partial charge < -0.3 is 19.1 Å². The first-order valence-corrected chi connectivity index (χ1v) is 9.81. The fourth-order valence-electron chi connectivity index (χ4n) is 4.22. The molecule has 1 aromatic rings. The number of amides is 1. The summed E-state index contributed by atoms with van der Waals surface area (Å²) in [5.74, 6) is 0.925. The molecule has 3 aliphatic rings. The molecule has 0 aromatic carbocycles. The molecule has 3 aliphatic heterocycles. The van der Waals surface area contributed by atoms with Crippen LogP contribution in [0.25, 0.3) is 0 Å². The van der Waals surface area contributed by atoms with Crippen molar-refractivity contribution in [3.05, 3.63) is 18.1 Å². The second-order valence-corrected chi connectivity index (χ2v) is 7.68. The van der Waals surface area contributed by atoms with Crippen molar-refractivity contribution in [3.63, 3.8) is 0 Å².